The van der Waals surface area contributed by atoms with Crippen molar-refractivity contribution >= 4 is 16.8 Å². The molecule has 24 heavy (non-hydrogen) atoms. The van der Waals surface area contributed by atoms with E-state index in [1.165, 1.54) is 6.92 Å². The number of fused-ring (bicyclic) bond motifs is 1. The molecule has 0 radical (unpaired) electrons. The second-order valence-corrected chi connectivity index (χ2v) is 6.44. The third-order valence-electron chi connectivity index (χ3n) is 4.63. The molecule has 0 atom stereocenters. The van der Waals surface area contributed by atoms with Gasteiger partial charge in [0.15, 0.2) is 5.78 Å². The highest BCUT2D eigenvalue weighted by molar-refractivity contribution is 5.97. The molecule has 1 saturated heterocycles. The third-order valence-corrected chi connectivity index (χ3v) is 4.63. The van der Waals surface area contributed by atoms with Crippen LogP contribution in [0.3, 0.4) is 0 Å². The molecule has 3 rings (SSSR count). The van der Waals surface area contributed by atoms with Crippen molar-refractivity contribution in [1.29, 1.82) is 0 Å². The van der Waals surface area contributed by atoms with E-state index in [-0.39, 0.29) is 23.2 Å². The first-order chi connectivity index (χ1) is 11.4. The first kappa shape index (κ1) is 16.7. The van der Waals surface area contributed by atoms with Gasteiger partial charge in [0.1, 0.15) is 16.9 Å². The predicted octanol–water partition coefficient (Wildman–Crippen LogP) is 1.97. The van der Waals surface area contributed by atoms with Gasteiger partial charge in [-0.15, -0.1) is 0 Å². The number of likely N-dealkylation sites (tertiary alicyclic amines) is 1. The Bertz CT molecular complexity index is 847. The molecule has 6 nitrogen and oxygen atoms in total. The van der Waals surface area contributed by atoms with Crippen molar-refractivity contribution in [3.63, 3.8) is 0 Å². The van der Waals surface area contributed by atoms with Gasteiger partial charge in [-0.25, -0.2) is 4.79 Å². The van der Waals surface area contributed by atoms with E-state index in [4.69, 9.17) is 4.42 Å². The number of rotatable bonds is 3. The number of aryl methyl sites for hydroxylation is 1. The highest BCUT2D eigenvalue weighted by atomic mass is 16.4. The summed E-state index contributed by atoms with van der Waals surface area (Å²) in [5.74, 6) is -0.269. The summed E-state index contributed by atoms with van der Waals surface area (Å²) in [4.78, 5) is 25.8. The van der Waals surface area contributed by atoms with Crippen LogP contribution in [0.2, 0.25) is 0 Å². The smallest absolute Gasteiger partial charge is 0.347 e. The van der Waals surface area contributed by atoms with E-state index in [2.05, 4.69) is 4.90 Å². The Labute approximate surface area is 139 Å². The predicted molar refractivity (Wildman–Crippen MR) is 89.4 cm³/mol. The van der Waals surface area contributed by atoms with E-state index in [0.29, 0.717) is 49.0 Å². The first-order valence-corrected chi connectivity index (χ1v) is 8.07. The lowest BCUT2D eigenvalue weighted by Crippen LogP contribution is -2.35. The van der Waals surface area contributed by atoms with Crippen LogP contribution in [-0.4, -0.2) is 40.1 Å². The molecule has 0 saturated carbocycles. The summed E-state index contributed by atoms with van der Waals surface area (Å²) in [6.07, 6.45) is 1.09. The zero-order chi connectivity index (χ0) is 17.4. The van der Waals surface area contributed by atoms with Gasteiger partial charge < -0.3 is 14.6 Å². The Balaban J connectivity index is 2.08. The molecule has 1 fully saturated rings. The number of nitrogens with zero attached hydrogens (tertiary/aromatic N) is 1. The van der Waals surface area contributed by atoms with Crippen molar-refractivity contribution in [3.05, 3.63) is 39.2 Å². The summed E-state index contributed by atoms with van der Waals surface area (Å²) in [5, 5.41) is 20.6. The molecule has 0 spiro atoms. The number of aromatic hydroxyl groups is 1. The Hall–Kier alpha value is -2.18. The van der Waals surface area contributed by atoms with Gasteiger partial charge in [0.25, 0.3) is 0 Å². The average molecular weight is 331 g/mol. The topological polar surface area (TPSA) is 91.0 Å². The van der Waals surface area contributed by atoms with Crippen LogP contribution in [0.25, 0.3) is 11.0 Å². The SMILES string of the molecule is CC(=O)c1cc2c(C)cc(O)c(CN3CCC(O)CC3)c2oc1=O. The van der Waals surface area contributed by atoms with E-state index in [1.54, 1.807) is 19.1 Å². The summed E-state index contributed by atoms with van der Waals surface area (Å²) in [5.41, 5.74) is 0.943. The van der Waals surface area contributed by atoms with Gasteiger partial charge in [0.2, 0.25) is 0 Å². The maximum Gasteiger partial charge on any atom is 0.347 e. The number of hydrogen-bond acceptors (Lipinski definition) is 6. The minimum Gasteiger partial charge on any atom is -0.507 e. The lowest BCUT2D eigenvalue weighted by Gasteiger charge is -2.29. The molecule has 0 bridgehead atoms. The number of Topliss-reactive ketones (excluding diaryl/α,β-unsaturated/α-hetero) is 1. The highest BCUT2D eigenvalue weighted by Crippen LogP contribution is 2.31. The number of ketones is 1. The second kappa shape index (κ2) is 6.37. The molecule has 1 aliphatic heterocycles. The van der Waals surface area contributed by atoms with Crippen molar-refractivity contribution in [1.82, 2.24) is 4.90 Å². The summed E-state index contributed by atoms with van der Waals surface area (Å²) < 4.78 is 5.40. The number of piperidine rings is 1. The number of benzene rings is 1. The average Bonchev–Trinajstić information content (AvgIpc) is 2.52. The fourth-order valence-electron chi connectivity index (χ4n) is 3.17. The Kier molecular flexibility index (Phi) is 4.43. The van der Waals surface area contributed by atoms with Gasteiger partial charge in [-0.3, -0.25) is 9.69 Å². The second-order valence-electron chi connectivity index (χ2n) is 6.44. The quantitative estimate of drug-likeness (QED) is 0.660. The summed E-state index contributed by atoms with van der Waals surface area (Å²) >= 11 is 0. The summed E-state index contributed by atoms with van der Waals surface area (Å²) in [6.45, 7) is 4.98. The number of aliphatic hydroxyl groups is 1. The Morgan fingerprint density at radius 2 is 2.00 bits per heavy atom. The Morgan fingerprint density at radius 3 is 2.62 bits per heavy atom. The first-order valence-electron chi connectivity index (χ1n) is 8.07. The van der Waals surface area contributed by atoms with Gasteiger partial charge in [0, 0.05) is 25.0 Å². The van der Waals surface area contributed by atoms with Crippen molar-refractivity contribution in [3.8, 4) is 5.75 Å². The van der Waals surface area contributed by atoms with Crippen molar-refractivity contribution in [2.75, 3.05) is 13.1 Å². The molecular formula is C18H21NO5. The molecule has 0 aliphatic carbocycles. The van der Waals surface area contributed by atoms with Crippen LogP contribution in [0.1, 0.15) is 41.3 Å². The normalized spacial score (nSPS) is 16.6. The van der Waals surface area contributed by atoms with Crippen molar-refractivity contribution in [2.45, 2.75) is 39.3 Å². The zero-order valence-corrected chi connectivity index (χ0v) is 13.8. The Morgan fingerprint density at radius 1 is 1.33 bits per heavy atom. The maximum absolute atomic E-state index is 12.1. The van der Waals surface area contributed by atoms with Gasteiger partial charge in [-0.05, 0) is 44.4 Å². The molecular weight excluding hydrogens is 310 g/mol. The fourth-order valence-corrected chi connectivity index (χ4v) is 3.17. The van der Waals surface area contributed by atoms with Gasteiger partial charge in [0.05, 0.1) is 11.7 Å². The minimum absolute atomic E-state index is 0.0170. The molecule has 1 aromatic heterocycles. The number of carbonyl (C=O) groups excluding carboxylic acids is 1. The molecule has 0 unspecified atom stereocenters. The van der Waals surface area contributed by atoms with Crippen LogP contribution in [0, 0.1) is 6.92 Å². The van der Waals surface area contributed by atoms with Crippen LogP contribution in [-0.2, 0) is 6.54 Å². The molecule has 2 aromatic rings. The van der Waals surface area contributed by atoms with E-state index in [0.717, 1.165) is 5.56 Å². The maximum atomic E-state index is 12.1. The summed E-state index contributed by atoms with van der Waals surface area (Å²) in [6, 6.07) is 3.17. The largest absolute Gasteiger partial charge is 0.507 e. The van der Waals surface area contributed by atoms with E-state index in [9.17, 15) is 19.8 Å². The van der Waals surface area contributed by atoms with Crippen LogP contribution >= 0.6 is 0 Å². The zero-order valence-electron chi connectivity index (χ0n) is 13.8. The monoisotopic (exact) mass is 331 g/mol. The standard InChI is InChI=1S/C18H21NO5/c1-10-7-16(22)15(9-19-5-3-12(21)4-6-19)17-13(10)8-14(11(2)20)18(23)24-17/h7-8,12,21-22H,3-6,9H2,1-2H3. The van der Waals surface area contributed by atoms with Crippen molar-refractivity contribution < 1.29 is 19.4 Å². The molecule has 6 heteroatoms. The van der Waals surface area contributed by atoms with Gasteiger partial charge in [-0.1, -0.05) is 0 Å². The summed E-state index contributed by atoms with van der Waals surface area (Å²) in [7, 11) is 0. The molecule has 2 heterocycles. The lowest BCUT2D eigenvalue weighted by molar-refractivity contribution is 0.0790. The van der Waals surface area contributed by atoms with E-state index < -0.39 is 5.63 Å². The van der Waals surface area contributed by atoms with Gasteiger partial charge >= 0.3 is 5.63 Å². The van der Waals surface area contributed by atoms with Crippen LogP contribution in [0.5, 0.6) is 5.75 Å². The number of aliphatic hydroxyl groups excluding tert-OH is 1. The minimum atomic E-state index is -0.685. The van der Waals surface area contributed by atoms with Crippen LogP contribution < -0.4 is 5.63 Å². The molecule has 0 amide bonds. The molecule has 1 aromatic carbocycles. The third kappa shape index (κ3) is 3.07. The lowest BCUT2D eigenvalue weighted by atomic mass is 10.0. The van der Waals surface area contributed by atoms with E-state index >= 15 is 0 Å². The number of hydrogen-bond donors (Lipinski definition) is 2. The van der Waals surface area contributed by atoms with Crippen LogP contribution in [0.15, 0.2) is 21.3 Å². The van der Waals surface area contributed by atoms with Crippen molar-refractivity contribution in [2.24, 2.45) is 0 Å². The molecule has 2 N–H and O–H groups in total. The highest BCUT2D eigenvalue weighted by Gasteiger charge is 2.22. The fraction of sp³-hybridized carbons (Fsp3) is 0.444. The molecule has 1 aliphatic rings. The molecule has 128 valence electrons. The van der Waals surface area contributed by atoms with E-state index in [1.807, 2.05) is 0 Å². The van der Waals surface area contributed by atoms with Crippen LogP contribution in [0.4, 0.5) is 0 Å². The number of phenolic OH excluding ortho intramolecular Hbond substituents is 1. The van der Waals surface area contributed by atoms with Gasteiger partial charge in [-0.2, -0.15) is 0 Å². The number of carbonyl (C=O) groups is 1. The number of phenols is 1.